The van der Waals surface area contributed by atoms with Gasteiger partial charge in [-0.25, -0.2) is 4.39 Å². The van der Waals surface area contributed by atoms with Crippen LogP contribution in [0.2, 0.25) is 0 Å². The monoisotopic (exact) mass is 282 g/mol. The van der Waals surface area contributed by atoms with Gasteiger partial charge in [-0.3, -0.25) is 0 Å². The minimum absolute atomic E-state index is 0.254. The second-order valence-corrected chi connectivity index (χ2v) is 4.80. The molecule has 1 atom stereocenters. The summed E-state index contributed by atoms with van der Waals surface area (Å²) in [5.74, 6) is 6.60. The fourth-order valence-electron chi connectivity index (χ4n) is 1.83. The molecule has 0 spiro atoms. The molecule has 19 heavy (non-hydrogen) atoms. The average molecular weight is 283 g/mol. The number of benzene rings is 1. The first kappa shape index (κ1) is 14.2. The number of alkyl halides is 1. The molecule has 0 aliphatic carbocycles. The standard InChI is InChI=1S/C15H16ClFO2/c16-7-2-1-3-12-4-5-14(17)15(9-12)19-11-13-6-8-18-10-13/h4-5,9,13H,2,6-8,10-11H2. The largest absolute Gasteiger partial charge is 0.490 e. The van der Waals surface area contributed by atoms with Crippen LogP contribution in [0.3, 0.4) is 0 Å². The van der Waals surface area contributed by atoms with Crippen LogP contribution in [0.15, 0.2) is 18.2 Å². The Balaban J connectivity index is 1.98. The first-order valence-electron chi connectivity index (χ1n) is 6.34. The summed E-state index contributed by atoms with van der Waals surface area (Å²) in [4.78, 5) is 0. The Hall–Kier alpha value is -1.24. The first-order chi connectivity index (χ1) is 9.29. The smallest absolute Gasteiger partial charge is 0.165 e. The molecule has 1 heterocycles. The van der Waals surface area contributed by atoms with Crippen LogP contribution >= 0.6 is 11.6 Å². The second-order valence-electron chi connectivity index (χ2n) is 4.43. The van der Waals surface area contributed by atoms with Gasteiger partial charge in [0.2, 0.25) is 0 Å². The van der Waals surface area contributed by atoms with Crippen LogP contribution in [-0.2, 0) is 4.74 Å². The summed E-state index contributed by atoms with van der Waals surface area (Å²) in [7, 11) is 0. The molecule has 1 aliphatic heterocycles. The zero-order chi connectivity index (χ0) is 13.5. The van der Waals surface area contributed by atoms with Gasteiger partial charge in [0.25, 0.3) is 0 Å². The summed E-state index contributed by atoms with van der Waals surface area (Å²) in [6, 6.07) is 4.65. The predicted octanol–water partition coefficient (Wildman–Crippen LogP) is 3.22. The molecule has 0 N–H and O–H groups in total. The molecule has 0 amide bonds. The molecule has 1 aliphatic rings. The van der Waals surface area contributed by atoms with E-state index < -0.39 is 0 Å². The van der Waals surface area contributed by atoms with E-state index in [0.717, 1.165) is 18.6 Å². The third-order valence-corrected chi connectivity index (χ3v) is 3.07. The Bertz CT molecular complexity index is 473. The molecule has 4 heteroatoms. The lowest BCUT2D eigenvalue weighted by Gasteiger charge is -2.11. The van der Waals surface area contributed by atoms with Gasteiger partial charge in [0.05, 0.1) is 13.2 Å². The quantitative estimate of drug-likeness (QED) is 0.624. The van der Waals surface area contributed by atoms with E-state index in [2.05, 4.69) is 11.8 Å². The number of hydrogen-bond acceptors (Lipinski definition) is 2. The molecule has 0 saturated carbocycles. The Morgan fingerprint density at radius 2 is 2.37 bits per heavy atom. The molecule has 0 bridgehead atoms. The third kappa shape index (κ3) is 4.41. The van der Waals surface area contributed by atoms with Crippen LogP contribution in [0, 0.1) is 23.6 Å². The van der Waals surface area contributed by atoms with Gasteiger partial charge in [-0.1, -0.05) is 11.8 Å². The molecule has 0 aromatic heterocycles. The lowest BCUT2D eigenvalue weighted by Crippen LogP contribution is -2.12. The zero-order valence-corrected chi connectivity index (χ0v) is 11.4. The maximum atomic E-state index is 13.6. The topological polar surface area (TPSA) is 18.5 Å². The highest BCUT2D eigenvalue weighted by atomic mass is 35.5. The third-order valence-electron chi connectivity index (χ3n) is 2.88. The van der Waals surface area contributed by atoms with Gasteiger partial charge in [-0.05, 0) is 24.6 Å². The normalized spacial score (nSPS) is 17.9. The minimum atomic E-state index is -0.359. The van der Waals surface area contributed by atoms with Crippen molar-refractivity contribution in [2.45, 2.75) is 12.8 Å². The van der Waals surface area contributed by atoms with Crippen molar-refractivity contribution in [3.63, 3.8) is 0 Å². The van der Waals surface area contributed by atoms with Crippen LogP contribution in [0.25, 0.3) is 0 Å². The van der Waals surface area contributed by atoms with Crippen molar-refractivity contribution in [1.82, 2.24) is 0 Å². The van der Waals surface area contributed by atoms with Gasteiger partial charge >= 0.3 is 0 Å². The SMILES string of the molecule is Fc1ccc(C#CCCCl)cc1OCC1CCOC1. The van der Waals surface area contributed by atoms with E-state index in [0.29, 0.717) is 31.4 Å². The van der Waals surface area contributed by atoms with Crippen LogP contribution in [0.1, 0.15) is 18.4 Å². The lowest BCUT2D eigenvalue weighted by molar-refractivity contribution is 0.165. The molecular weight excluding hydrogens is 267 g/mol. The Morgan fingerprint density at radius 1 is 1.47 bits per heavy atom. The van der Waals surface area contributed by atoms with Crippen molar-refractivity contribution in [2.24, 2.45) is 5.92 Å². The van der Waals surface area contributed by atoms with Crippen LogP contribution < -0.4 is 4.74 Å². The molecule has 2 rings (SSSR count). The highest BCUT2D eigenvalue weighted by Crippen LogP contribution is 2.21. The number of halogens is 2. The van der Waals surface area contributed by atoms with Crippen LogP contribution in [-0.4, -0.2) is 25.7 Å². The summed E-state index contributed by atoms with van der Waals surface area (Å²) < 4.78 is 24.4. The van der Waals surface area contributed by atoms with Crippen molar-refractivity contribution in [2.75, 3.05) is 25.7 Å². The molecule has 1 fully saturated rings. The number of rotatable bonds is 4. The van der Waals surface area contributed by atoms with E-state index in [-0.39, 0.29) is 11.6 Å². The van der Waals surface area contributed by atoms with E-state index in [9.17, 15) is 4.39 Å². The minimum Gasteiger partial charge on any atom is -0.490 e. The van der Waals surface area contributed by atoms with Crippen LogP contribution in [0.5, 0.6) is 5.75 Å². The Morgan fingerprint density at radius 3 is 3.11 bits per heavy atom. The molecular formula is C15H16ClFO2. The van der Waals surface area contributed by atoms with E-state index >= 15 is 0 Å². The molecule has 1 aromatic carbocycles. The summed E-state index contributed by atoms with van der Waals surface area (Å²) in [6.07, 6.45) is 1.59. The maximum Gasteiger partial charge on any atom is 0.165 e. The predicted molar refractivity (Wildman–Crippen MR) is 73.0 cm³/mol. The van der Waals surface area contributed by atoms with Crippen molar-refractivity contribution in [1.29, 1.82) is 0 Å². The van der Waals surface area contributed by atoms with Crippen LogP contribution in [0.4, 0.5) is 4.39 Å². The van der Waals surface area contributed by atoms with E-state index in [1.165, 1.54) is 6.07 Å². The van der Waals surface area contributed by atoms with E-state index in [1.807, 2.05) is 0 Å². The lowest BCUT2D eigenvalue weighted by atomic mass is 10.1. The molecule has 0 radical (unpaired) electrons. The summed E-state index contributed by atoms with van der Waals surface area (Å²) in [5.41, 5.74) is 0.740. The highest BCUT2D eigenvalue weighted by molar-refractivity contribution is 6.18. The number of ether oxygens (including phenoxy) is 2. The molecule has 1 unspecified atom stereocenters. The molecule has 2 nitrogen and oxygen atoms in total. The van der Waals surface area contributed by atoms with Gasteiger partial charge in [0, 0.05) is 30.4 Å². The van der Waals surface area contributed by atoms with Gasteiger partial charge in [0.15, 0.2) is 11.6 Å². The van der Waals surface area contributed by atoms with Crippen molar-refractivity contribution in [3.8, 4) is 17.6 Å². The van der Waals surface area contributed by atoms with Gasteiger partial charge in [0.1, 0.15) is 0 Å². The van der Waals surface area contributed by atoms with Crippen molar-refractivity contribution in [3.05, 3.63) is 29.6 Å². The average Bonchev–Trinajstić information content (AvgIpc) is 2.92. The molecule has 102 valence electrons. The highest BCUT2D eigenvalue weighted by Gasteiger charge is 2.17. The Kier molecular flexibility index (Phi) is 5.50. The van der Waals surface area contributed by atoms with Crippen molar-refractivity contribution >= 4 is 11.6 Å². The van der Waals surface area contributed by atoms with Gasteiger partial charge in [-0.15, -0.1) is 11.6 Å². The van der Waals surface area contributed by atoms with E-state index in [1.54, 1.807) is 12.1 Å². The Labute approximate surface area is 117 Å². The van der Waals surface area contributed by atoms with Crippen molar-refractivity contribution < 1.29 is 13.9 Å². The van der Waals surface area contributed by atoms with Gasteiger partial charge < -0.3 is 9.47 Å². The van der Waals surface area contributed by atoms with Gasteiger partial charge in [-0.2, -0.15) is 0 Å². The first-order valence-corrected chi connectivity index (χ1v) is 6.88. The fraction of sp³-hybridized carbons (Fsp3) is 0.467. The second kappa shape index (κ2) is 7.37. The number of hydrogen-bond donors (Lipinski definition) is 0. The maximum absolute atomic E-state index is 13.6. The summed E-state index contributed by atoms with van der Waals surface area (Å²) >= 11 is 5.55. The zero-order valence-electron chi connectivity index (χ0n) is 10.6. The summed E-state index contributed by atoms with van der Waals surface area (Å²) in [5, 5.41) is 0. The molecule has 1 saturated heterocycles. The molecule has 1 aromatic rings. The summed E-state index contributed by atoms with van der Waals surface area (Å²) in [6.45, 7) is 1.94. The fourth-order valence-corrected chi connectivity index (χ4v) is 1.92. The van der Waals surface area contributed by atoms with E-state index in [4.69, 9.17) is 21.1 Å².